The normalized spacial score (nSPS) is 16.4. The highest BCUT2D eigenvalue weighted by atomic mass is 32.1. The molecule has 5 rings (SSSR count). The Morgan fingerprint density at radius 1 is 1.00 bits per heavy atom. The number of quaternary nitrogens is 1. The van der Waals surface area contributed by atoms with E-state index in [0.29, 0.717) is 5.82 Å². The molecule has 7 heteroatoms. The number of para-hydroxylation sites is 1. The second-order valence-electron chi connectivity index (χ2n) is 7.47. The zero-order valence-electron chi connectivity index (χ0n) is 16.3. The van der Waals surface area contributed by atoms with E-state index >= 15 is 0 Å². The Morgan fingerprint density at radius 3 is 2.31 bits per heavy atom. The second kappa shape index (κ2) is 7.50. The summed E-state index contributed by atoms with van der Waals surface area (Å²) >= 11 is 1.54. The molecule has 4 aromatic rings. The van der Waals surface area contributed by atoms with Gasteiger partial charge in [0, 0.05) is 11.3 Å². The number of hydrogen-bond acceptors (Lipinski definition) is 5. The Hall–Kier alpha value is -2.90. The van der Waals surface area contributed by atoms with Gasteiger partial charge in [-0.05, 0) is 19.1 Å². The number of aromatic hydroxyl groups is 1. The summed E-state index contributed by atoms with van der Waals surface area (Å²) in [6.07, 6.45) is 0. The first-order valence-corrected chi connectivity index (χ1v) is 10.8. The molecule has 0 spiro atoms. The molecule has 0 unspecified atom stereocenters. The number of aryl methyl sites for hydroxylation is 1. The topological polar surface area (TPSA) is 58.1 Å². The first-order chi connectivity index (χ1) is 14.2. The van der Waals surface area contributed by atoms with Gasteiger partial charge in [-0.2, -0.15) is 4.52 Å². The van der Waals surface area contributed by atoms with Crippen molar-refractivity contribution in [1.82, 2.24) is 14.6 Å². The van der Waals surface area contributed by atoms with Crippen LogP contribution in [0.15, 0.2) is 60.7 Å². The highest BCUT2D eigenvalue weighted by Crippen LogP contribution is 2.35. The Balaban J connectivity index is 1.47. The highest BCUT2D eigenvalue weighted by molar-refractivity contribution is 7.17. The number of nitrogens with zero attached hydrogens (tertiary/aromatic N) is 4. The maximum Gasteiger partial charge on any atom is 0.235 e. The van der Waals surface area contributed by atoms with E-state index in [0.717, 1.165) is 36.0 Å². The third-order valence-corrected chi connectivity index (χ3v) is 6.72. The number of nitrogens with one attached hydrogen (secondary N) is 1. The molecule has 0 bridgehead atoms. The zero-order chi connectivity index (χ0) is 19.8. The third-order valence-electron chi connectivity index (χ3n) is 5.64. The average Bonchev–Trinajstić information content (AvgIpc) is 3.27. The molecule has 29 heavy (non-hydrogen) atoms. The molecule has 1 saturated heterocycles. The van der Waals surface area contributed by atoms with E-state index < -0.39 is 0 Å². The quantitative estimate of drug-likeness (QED) is 0.546. The van der Waals surface area contributed by atoms with E-state index in [1.54, 1.807) is 15.9 Å². The minimum absolute atomic E-state index is 0.0722. The smallest absolute Gasteiger partial charge is 0.235 e. The van der Waals surface area contributed by atoms with Crippen molar-refractivity contribution >= 4 is 22.0 Å². The van der Waals surface area contributed by atoms with Gasteiger partial charge in [-0.25, -0.2) is 4.98 Å². The molecule has 1 fully saturated rings. The maximum atomic E-state index is 10.9. The molecule has 148 valence electrons. The molecule has 2 aromatic carbocycles. The Morgan fingerprint density at radius 2 is 1.66 bits per heavy atom. The summed E-state index contributed by atoms with van der Waals surface area (Å²) in [5.41, 5.74) is 2.49. The molecule has 6 nitrogen and oxygen atoms in total. The summed E-state index contributed by atoms with van der Waals surface area (Å²) in [4.78, 5) is 10.0. The SMILES string of the molecule is Cc1nc2sc([C@@H](c3ccccc3)[NH+]3CCN(c4ccccc4)CC3)c(O)n2n1. The number of fused-ring (bicyclic) bond motifs is 1. The summed E-state index contributed by atoms with van der Waals surface area (Å²) in [5, 5.41) is 15.3. The van der Waals surface area contributed by atoms with Crippen LogP contribution in [0, 0.1) is 6.92 Å². The van der Waals surface area contributed by atoms with Crippen LogP contribution in [0.4, 0.5) is 5.69 Å². The lowest BCUT2D eigenvalue weighted by molar-refractivity contribution is -0.925. The van der Waals surface area contributed by atoms with Gasteiger partial charge in [0.1, 0.15) is 10.7 Å². The molecule has 1 atom stereocenters. The average molecular weight is 407 g/mol. The number of hydrogen-bond donors (Lipinski definition) is 2. The van der Waals surface area contributed by atoms with Crippen molar-refractivity contribution in [2.45, 2.75) is 13.0 Å². The maximum absolute atomic E-state index is 10.9. The first-order valence-electron chi connectivity index (χ1n) is 9.95. The summed E-state index contributed by atoms with van der Waals surface area (Å²) in [6.45, 7) is 5.83. The summed E-state index contributed by atoms with van der Waals surface area (Å²) < 4.78 is 1.57. The first kappa shape index (κ1) is 18.1. The Kier molecular flexibility index (Phi) is 4.69. The molecule has 0 saturated carbocycles. The van der Waals surface area contributed by atoms with Crippen molar-refractivity contribution in [1.29, 1.82) is 0 Å². The molecule has 0 amide bonds. The van der Waals surface area contributed by atoms with Gasteiger partial charge in [-0.15, -0.1) is 5.10 Å². The van der Waals surface area contributed by atoms with Gasteiger partial charge in [0.25, 0.3) is 0 Å². The van der Waals surface area contributed by atoms with E-state index in [1.807, 2.05) is 13.0 Å². The molecule has 1 aliphatic rings. The van der Waals surface area contributed by atoms with Gasteiger partial charge >= 0.3 is 0 Å². The minimum atomic E-state index is 0.0722. The monoisotopic (exact) mass is 406 g/mol. The van der Waals surface area contributed by atoms with Crippen molar-refractivity contribution < 1.29 is 10.0 Å². The van der Waals surface area contributed by atoms with Crippen LogP contribution in [0.25, 0.3) is 4.96 Å². The van der Waals surface area contributed by atoms with Crippen LogP contribution < -0.4 is 9.80 Å². The molecule has 0 aliphatic carbocycles. The van der Waals surface area contributed by atoms with Crippen LogP contribution in [0.1, 0.15) is 22.3 Å². The summed E-state index contributed by atoms with van der Waals surface area (Å²) in [5.74, 6) is 0.899. The standard InChI is InChI=1S/C22H23N5OS/c1-16-23-22-27(24-16)21(28)20(29-22)19(17-8-4-2-5-9-17)26-14-12-25(13-15-26)18-10-6-3-7-11-18/h2-11,19,28H,12-15H2,1H3/p+1/t19-/m1/s1. The zero-order valence-corrected chi connectivity index (χ0v) is 17.1. The van der Waals surface area contributed by atoms with Gasteiger partial charge in [0.15, 0.2) is 6.04 Å². The van der Waals surface area contributed by atoms with Crippen LogP contribution in [-0.2, 0) is 0 Å². The molecule has 0 radical (unpaired) electrons. The van der Waals surface area contributed by atoms with E-state index in [1.165, 1.54) is 16.2 Å². The Labute approximate surface area is 173 Å². The third kappa shape index (κ3) is 3.36. The summed E-state index contributed by atoms with van der Waals surface area (Å²) in [6, 6.07) is 21.2. The van der Waals surface area contributed by atoms with Gasteiger partial charge in [-0.3, -0.25) is 0 Å². The van der Waals surface area contributed by atoms with Gasteiger partial charge in [-0.1, -0.05) is 59.9 Å². The number of aromatic nitrogens is 3. The van der Waals surface area contributed by atoms with Crippen molar-refractivity contribution in [2.75, 3.05) is 31.1 Å². The largest absolute Gasteiger partial charge is 0.492 e. The lowest BCUT2D eigenvalue weighted by Gasteiger charge is -2.37. The van der Waals surface area contributed by atoms with Crippen LogP contribution in [0.3, 0.4) is 0 Å². The molecule has 2 N–H and O–H groups in total. The van der Waals surface area contributed by atoms with Crippen LogP contribution in [0.2, 0.25) is 0 Å². The predicted octanol–water partition coefficient (Wildman–Crippen LogP) is 2.30. The van der Waals surface area contributed by atoms with Gasteiger partial charge < -0.3 is 14.9 Å². The lowest BCUT2D eigenvalue weighted by Crippen LogP contribution is -3.15. The van der Waals surface area contributed by atoms with Gasteiger partial charge in [0.05, 0.1) is 26.2 Å². The fourth-order valence-electron chi connectivity index (χ4n) is 4.23. The number of benzene rings is 2. The van der Waals surface area contributed by atoms with E-state index in [4.69, 9.17) is 0 Å². The van der Waals surface area contributed by atoms with E-state index in [2.05, 4.69) is 69.6 Å². The molecule has 2 aromatic heterocycles. The second-order valence-corrected chi connectivity index (χ2v) is 8.48. The molecule has 3 heterocycles. The fraction of sp³-hybridized carbons (Fsp3) is 0.273. The van der Waals surface area contributed by atoms with Crippen LogP contribution in [-0.4, -0.2) is 45.9 Å². The van der Waals surface area contributed by atoms with E-state index in [-0.39, 0.29) is 11.9 Å². The molecular formula is C22H24N5OS+. The van der Waals surface area contributed by atoms with Crippen molar-refractivity contribution in [3.8, 4) is 5.88 Å². The fourth-order valence-corrected chi connectivity index (χ4v) is 5.42. The molecule has 1 aliphatic heterocycles. The molecular weight excluding hydrogens is 382 g/mol. The van der Waals surface area contributed by atoms with Crippen molar-refractivity contribution in [3.05, 3.63) is 76.9 Å². The predicted molar refractivity (Wildman–Crippen MR) is 115 cm³/mol. The number of anilines is 1. The van der Waals surface area contributed by atoms with Crippen LogP contribution >= 0.6 is 11.3 Å². The minimum Gasteiger partial charge on any atom is -0.492 e. The van der Waals surface area contributed by atoms with Crippen LogP contribution in [0.5, 0.6) is 5.88 Å². The lowest BCUT2D eigenvalue weighted by atomic mass is 10.0. The van der Waals surface area contributed by atoms with Gasteiger partial charge in [0.2, 0.25) is 10.8 Å². The number of rotatable bonds is 4. The van der Waals surface area contributed by atoms with Crippen molar-refractivity contribution in [2.24, 2.45) is 0 Å². The highest BCUT2D eigenvalue weighted by Gasteiger charge is 2.34. The van der Waals surface area contributed by atoms with E-state index in [9.17, 15) is 5.11 Å². The summed E-state index contributed by atoms with van der Waals surface area (Å²) in [7, 11) is 0. The Bertz CT molecular complexity index is 1100. The number of piperazine rings is 1. The number of thiazole rings is 1. The van der Waals surface area contributed by atoms with Crippen molar-refractivity contribution in [3.63, 3.8) is 0 Å².